The van der Waals surface area contributed by atoms with Gasteiger partial charge in [-0.1, -0.05) is 22.0 Å². The molecule has 0 saturated heterocycles. The number of halogens is 2. The average molecular weight is 328 g/mol. The van der Waals surface area contributed by atoms with Gasteiger partial charge < -0.3 is 5.32 Å². The summed E-state index contributed by atoms with van der Waals surface area (Å²) in [7, 11) is 0. The van der Waals surface area contributed by atoms with Crippen molar-refractivity contribution in [3.05, 3.63) is 34.1 Å². The highest BCUT2D eigenvalue weighted by atomic mass is 79.9. The summed E-state index contributed by atoms with van der Waals surface area (Å²) >= 11 is 3.26. The summed E-state index contributed by atoms with van der Waals surface area (Å²) < 4.78 is 13.6. The average Bonchev–Trinajstić information content (AvgIpc) is 2.56. The Morgan fingerprint density at radius 3 is 2.68 bits per heavy atom. The summed E-state index contributed by atoms with van der Waals surface area (Å²) in [5, 5.41) is 5.79. The predicted octanol–water partition coefficient (Wildman–Crippen LogP) is 2.50. The molecule has 1 atom stereocenters. The predicted molar refractivity (Wildman–Crippen MR) is 75.3 cm³/mol. The van der Waals surface area contributed by atoms with Gasteiger partial charge in [0.1, 0.15) is 5.82 Å². The Hall–Kier alpha value is -1.43. The van der Waals surface area contributed by atoms with Crippen LogP contribution in [0.3, 0.4) is 0 Å². The first-order chi connectivity index (χ1) is 8.76. The van der Waals surface area contributed by atoms with Gasteiger partial charge in [-0.25, -0.2) is 9.38 Å². The number of carbonyl (C=O) groups excluding carboxylic acids is 1. The molecule has 0 saturated carbocycles. The summed E-state index contributed by atoms with van der Waals surface area (Å²) in [6.45, 7) is 5.93. The van der Waals surface area contributed by atoms with E-state index in [9.17, 15) is 9.18 Å². The fraction of sp³-hybridized carbons (Fsp3) is 0.385. The topological polar surface area (TPSA) is 53.5 Å². The molecule has 1 aliphatic rings. The lowest BCUT2D eigenvalue weighted by Crippen LogP contribution is -2.46. The van der Waals surface area contributed by atoms with Crippen LogP contribution in [0, 0.1) is 5.82 Å². The van der Waals surface area contributed by atoms with Crippen LogP contribution in [0.4, 0.5) is 4.39 Å². The van der Waals surface area contributed by atoms with Crippen molar-refractivity contribution in [2.45, 2.75) is 32.4 Å². The smallest absolute Gasteiger partial charge is 0.256 e. The summed E-state index contributed by atoms with van der Waals surface area (Å²) in [6, 6.07) is 3.55. The number of nitrogens with one attached hydrogen (secondary N) is 2. The Labute approximate surface area is 119 Å². The van der Waals surface area contributed by atoms with Crippen molar-refractivity contribution in [2.24, 2.45) is 4.99 Å². The molecule has 0 aromatic heterocycles. The van der Waals surface area contributed by atoms with Crippen molar-refractivity contribution >= 4 is 27.8 Å². The van der Waals surface area contributed by atoms with E-state index in [2.05, 4.69) is 31.6 Å². The van der Waals surface area contributed by atoms with Gasteiger partial charge in [-0.2, -0.15) is 0 Å². The molecule has 0 spiro atoms. The number of nitrogens with zero attached hydrogens (tertiary/aromatic N) is 1. The Bertz CT molecular complexity index is 551. The van der Waals surface area contributed by atoms with Crippen LogP contribution in [0.1, 0.15) is 32.4 Å². The van der Waals surface area contributed by atoms with Gasteiger partial charge in [-0.05, 0) is 32.9 Å². The number of aliphatic imine (C=N–C) groups is 1. The van der Waals surface area contributed by atoms with Crippen LogP contribution in [-0.4, -0.2) is 17.4 Å². The third-order valence-electron chi connectivity index (χ3n) is 2.50. The van der Waals surface area contributed by atoms with E-state index in [1.54, 1.807) is 6.07 Å². The molecular weight excluding hydrogens is 313 g/mol. The molecule has 0 fully saturated rings. The standard InChI is InChI=1S/C13H15BrFN3O/c1-13(2,3)18-12-16-10(11(19)17-12)8-5-4-7(15)6-9(8)14/h4-6,10H,1-3H3,(H2,16,17,18,19). The van der Waals surface area contributed by atoms with Gasteiger partial charge in [0.25, 0.3) is 5.91 Å². The zero-order valence-electron chi connectivity index (χ0n) is 10.9. The molecule has 2 rings (SSSR count). The van der Waals surface area contributed by atoms with Crippen molar-refractivity contribution in [1.82, 2.24) is 10.6 Å². The van der Waals surface area contributed by atoms with E-state index >= 15 is 0 Å². The minimum Gasteiger partial charge on any atom is -0.351 e. The fourth-order valence-electron chi connectivity index (χ4n) is 1.76. The van der Waals surface area contributed by atoms with Crippen molar-refractivity contribution in [2.75, 3.05) is 0 Å². The third kappa shape index (κ3) is 3.32. The normalized spacial score (nSPS) is 19.1. The number of carbonyl (C=O) groups is 1. The van der Waals surface area contributed by atoms with E-state index in [0.29, 0.717) is 16.0 Å². The number of rotatable bonds is 1. The Morgan fingerprint density at radius 2 is 2.11 bits per heavy atom. The fourth-order valence-corrected chi connectivity index (χ4v) is 2.33. The third-order valence-corrected chi connectivity index (χ3v) is 3.19. The SMILES string of the molecule is CC(C)(C)NC1=NC(c2ccc(F)cc2Br)C(=O)N1. The van der Waals surface area contributed by atoms with Gasteiger partial charge in [0, 0.05) is 15.6 Å². The van der Waals surface area contributed by atoms with E-state index in [0.717, 1.165) is 0 Å². The molecular formula is C13H15BrFN3O. The minimum atomic E-state index is -0.653. The van der Waals surface area contributed by atoms with Crippen molar-refractivity contribution in [3.8, 4) is 0 Å². The first kappa shape index (κ1) is 14.0. The van der Waals surface area contributed by atoms with Gasteiger partial charge in [0.15, 0.2) is 12.0 Å². The van der Waals surface area contributed by atoms with E-state index in [1.807, 2.05) is 20.8 Å². The van der Waals surface area contributed by atoms with Crippen LogP contribution >= 0.6 is 15.9 Å². The highest BCUT2D eigenvalue weighted by Gasteiger charge is 2.30. The molecule has 1 aliphatic heterocycles. The highest BCUT2D eigenvalue weighted by molar-refractivity contribution is 9.10. The van der Waals surface area contributed by atoms with Crippen LogP contribution in [0.25, 0.3) is 0 Å². The Morgan fingerprint density at radius 1 is 1.42 bits per heavy atom. The maximum absolute atomic E-state index is 13.1. The lowest BCUT2D eigenvalue weighted by molar-refractivity contribution is -0.120. The number of hydrogen-bond acceptors (Lipinski definition) is 3. The maximum Gasteiger partial charge on any atom is 0.256 e. The zero-order valence-corrected chi connectivity index (χ0v) is 12.5. The molecule has 6 heteroatoms. The second-order valence-corrected chi connectivity index (χ2v) is 6.26. The number of benzene rings is 1. The van der Waals surface area contributed by atoms with E-state index in [4.69, 9.17) is 0 Å². The summed E-state index contributed by atoms with van der Waals surface area (Å²) in [6.07, 6.45) is 0. The largest absolute Gasteiger partial charge is 0.351 e. The monoisotopic (exact) mass is 327 g/mol. The van der Waals surface area contributed by atoms with Gasteiger partial charge in [-0.15, -0.1) is 0 Å². The molecule has 102 valence electrons. The molecule has 19 heavy (non-hydrogen) atoms. The number of guanidine groups is 1. The molecule has 1 heterocycles. The van der Waals surface area contributed by atoms with Gasteiger partial charge in [0.2, 0.25) is 0 Å². The molecule has 0 aliphatic carbocycles. The summed E-state index contributed by atoms with van der Waals surface area (Å²) in [5.41, 5.74) is 0.450. The lowest BCUT2D eigenvalue weighted by Gasteiger charge is -2.21. The number of hydrogen-bond donors (Lipinski definition) is 2. The lowest BCUT2D eigenvalue weighted by atomic mass is 10.1. The van der Waals surface area contributed by atoms with Crippen LogP contribution in [0.15, 0.2) is 27.7 Å². The molecule has 0 bridgehead atoms. The van der Waals surface area contributed by atoms with Gasteiger partial charge >= 0.3 is 0 Å². The highest BCUT2D eigenvalue weighted by Crippen LogP contribution is 2.29. The van der Waals surface area contributed by atoms with E-state index < -0.39 is 6.04 Å². The molecule has 1 aromatic rings. The number of amides is 1. The van der Waals surface area contributed by atoms with Crippen LogP contribution in [-0.2, 0) is 4.79 Å². The first-order valence-corrected chi connectivity index (χ1v) is 6.67. The Kier molecular flexibility index (Phi) is 3.62. The summed E-state index contributed by atoms with van der Waals surface area (Å²) in [4.78, 5) is 16.2. The van der Waals surface area contributed by atoms with Crippen LogP contribution in [0.5, 0.6) is 0 Å². The molecule has 1 amide bonds. The second-order valence-electron chi connectivity index (χ2n) is 5.41. The quantitative estimate of drug-likeness (QED) is 0.832. The molecule has 4 nitrogen and oxygen atoms in total. The van der Waals surface area contributed by atoms with Crippen molar-refractivity contribution in [1.29, 1.82) is 0 Å². The molecule has 2 N–H and O–H groups in total. The maximum atomic E-state index is 13.1. The van der Waals surface area contributed by atoms with Crippen molar-refractivity contribution in [3.63, 3.8) is 0 Å². The van der Waals surface area contributed by atoms with E-state index in [-0.39, 0.29) is 17.3 Å². The minimum absolute atomic E-state index is 0.193. The van der Waals surface area contributed by atoms with Crippen molar-refractivity contribution < 1.29 is 9.18 Å². The van der Waals surface area contributed by atoms with Gasteiger partial charge in [0.05, 0.1) is 0 Å². The Balaban J connectivity index is 2.27. The summed E-state index contributed by atoms with van der Waals surface area (Å²) in [5.74, 6) is -0.135. The molecule has 0 radical (unpaired) electrons. The van der Waals surface area contributed by atoms with Crippen LogP contribution < -0.4 is 10.6 Å². The van der Waals surface area contributed by atoms with Gasteiger partial charge in [-0.3, -0.25) is 10.1 Å². The molecule has 1 unspecified atom stereocenters. The van der Waals surface area contributed by atoms with Crippen LogP contribution in [0.2, 0.25) is 0 Å². The zero-order chi connectivity index (χ0) is 14.2. The molecule has 1 aromatic carbocycles. The second kappa shape index (κ2) is 4.92. The first-order valence-electron chi connectivity index (χ1n) is 5.88. The van der Waals surface area contributed by atoms with E-state index in [1.165, 1.54) is 12.1 Å².